The van der Waals surface area contributed by atoms with Crippen LogP contribution in [-0.4, -0.2) is 40.5 Å². The summed E-state index contributed by atoms with van der Waals surface area (Å²) in [7, 11) is 1.29. The Bertz CT molecular complexity index is 509. The second kappa shape index (κ2) is 5.40. The molecule has 1 aromatic rings. The highest BCUT2D eigenvalue weighted by molar-refractivity contribution is 5.88. The van der Waals surface area contributed by atoms with Crippen molar-refractivity contribution < 1.29 is 19.4 Å². The summed E-state index contributed by atoms with van der Waals surface area (Å²) in [6.45, 7) is 0.320. The van der Waals surface area contributed by atoms with E-state index in [0.29, 0.717) is 18.5 Å². The van der Waals surface area contributed by atoms with Gasteiger partial charge in [0.15, 0.2) is 5.69 Å². The molecule has 0 amide bonds. The number of nitrogens with two attached hydrogens (primary N) is 1. The number of aromatic carboxylic acids is 1. The molecule has 0 fully saturated rings. The number of esters is 1. The Kier molecular flexibility index (Phi) is 3.84. The van der Waals surface area contributed by atoms with E-state index in [1.807, 2.05) is 0 Å². The number of methoxy groups -OCH3 is 1. The van der Waals surface area contributed by atoms with E-state index in [4.69, 9.17) is 5.73 Å². The van der Waals surface area contributed by atoms with E-state index >= 15 is 0 Å². The summed E-state index contributed by atoms with van der Waals surface area (Å²) < 4.78 is 6.03. The van der Waals surface area contributed by atoms with Crippen molar-refractivity contribution in [3.8, 4) is 0 Å². The fourth-order valence-electron chi connectivity index (χ4n) is 2.57. The van der Waals surface area contributed by atoms with Crippen LogP contribution in [0.4, 0.5) is 0 Å². The van der Waals surface area contributed by atoms with Gasteiger partial charge in [-0.25, -0.2) is 4.79 Å². The number of ether oxygens (including phenoxy) is 1. The van der Waals surface area contributed by atoms with E-state index in [1.54, 1.807) is 0 Å². The summed E-state index contributed by atoms with van der Waals surface area (Å²) in [5.74, 6) is -1.53. The zero-order valence-corrected chi connectivity index (χ0v) is 10.8. The van der Waals surface area contributed by atoms with Gasteiger partial charge in [0, 0.05) is 17.2 Å². The topological polar surface area (TPSA) is 107 Å². The third-order valence-electron chi connectivity index (χ3n) is 3.47. The molecular weight excluding hydrogens is 250 g/mol. The van der Waals surface area contributed by atoms with E-state index in [2.05, 4.69) is 9.84 Å². The van der Waals surface area contributed by atoms with Gasteiger partial charge >= 0.3 is 11.9 Å². The molecule has 19 heavy (non-hydrogen) atoms. The van der Waals surface area contributed by atoms with Gasteiger partial charge in [-0.15, -0.1) is 0 Å². The van der Waals surface area contributed by atoms with Crippen molar-refractivity contribution in [3.63, 3.8) is 0 Å². The Hall–Kier alpha value is -1.89. The standard InChI is InChI=1S/C12H17N3O4/c1-19-9(16)6-15-8-4-2-3-7(5-13)10(8)11(14-15)12(17)18/h7H,2-6,13H2,1H3,(H,17,18). The van der Waals surface area contributed by atoms with Crippen molar-refractivity contribution in [2.75, 3.05) is 13.7 Å². The molecule has 0 radical (unpaired) electrons. The number of fused-ring (bicyclic) bond motifs is 1. The van der Waals surface area contributed by atoms with Crippen LogP contribution in [0.2, 0.25) is 0 Å². The molecule has 0 saturated carbocycles. The van der Waals surface area contributed by atoms with Crippen LogP contribution < -0.4 is 5.73 Å². The van der Waals surface area contributed by atoms with Crippen LogP contribution in [0.1, 0.15) is 40.5 Å². The largest absolute Gasteiger partial charge is 0.476 e. The number of carbonyl (C=O) groups is 2. The van der Waals surface area contributed by atoms with E-state index in [0.717, 1.165) is 18.5 Å². The molecule has 1 aliphatic carbocycles. The number of nitrogens with zero attached hydrogens (tertiary/aromatic N) is 2. The highest BCUT2D eigenvalue weighted by atomic mass is 16.5. The molecule has 0 saturated heterocycles. The summed E-state index contributed by atoms with van der Waals surface area (Å²) in [5, 5.41) is 13.3. The molecule has 7 nitrogen and oxygen atoms in total. The maximum atomic E-state index is 11.3. The smallest absolute Gasteiger partial charge is 0.356 e. The Labute approximate surface area is 110 Å². The number of hydrogen-bond acceptors (Lipinski definition) is 5. The second-order valence-corrected chi connectivity index (χ2v) is 4.57. The maximum Gasteiger partial charge on any atom is 0.356 e. The quantitative estimate of drug-likeness (QED) is 0.751. The van der Waals surface area contributed by atoms with Gasteiger partial charge in [0.2, 0.25) is 0 Å². The van der Waals surface area contributed by atoms with E-state index in [9.17, 15) is 14.7 Å². The van der Waals surface area contributed by atoms with Crippen molar-refractivity contribution in [2.45, 2.75) is 31.7 Å². The SMILES string of the molecule is COC(=O)Cn1nc(C(=O)O)c2c1CCCC2CN. The average molecular weight is 267 g/mol. The zero-order valence-electron chi connectivity index (χ0n) is 10.8. The fraction of sp³-hybridized carbons (Fsp3) is 0.583. The highest BCUT2D eigenvalue weighted by Gasteiger charge is 2.31. The molecule has 1 heterocycles. The molecule has 104 valence electrons. The van der Waals surface area contributed by atoms with E-state index < -0.39 is 11.9 Å². The Morgan fingerprint density at radius 3 is 2.89 bits per heavy atom. The van der Waals surface area contributed by atoms with E-state index in [1.165, 1.54) is 11.8 Å². The molecule has 1 unspecified atom stereocenters. The summed E-state index contributed by atoms with van der Waals surface area (Å²) in [5.41, 5.74) is 7.19. The minimum absolute atomic E-state index is 0.00115. The Morgan fingerprint density at radius 2 is 2.32 bits per heavy atom. The van der Waals surface area contributed by atoms with Gasteiger partial charge < -0.3 is 15.6 Å². The lowest BCUT2D eigenvalue weighted by molar-refractivity contribution is -0.141. The van der Waals surface area contributed by atoms with Crippen LogP contribution in [0.3, 0.4) is 0 Å². The summed E-state index contributed by atoms with van der Waals surface area (Å²) in [4.78, 5) is 22.6. The monoisotopic (exact) mass is 267 g/mol. The minimum atomic E-state index is -1.08. The molecule has 2 rings (SSSR count). The predicted molar refractivity (Wildman–Crippen MR) is 65.9 cm³/mol. The molecule has 0 aliphatic heterocycles. The molecule has 0 aromatic carbocycles. The number of aromatic nitrogens is 2. The lowest BCUT2D eigenvalue weighted by atomic mass is 9.85. The summed E-state index contributed by atoms with van der Waals surface area (Å²) >= 11 is 0. The minimum Gasteiger partial charge on any atom is -0.476 e. The van der Waals surface area contributed by atoms with E-state index in [-0.39, 0.29) is 18.2 Å². The first-order valence-electron chi connectivity index (χ1n) is 6.18. The van der Waals surface area contributed by atoms with Crippen molar-refractivity contribution in [2.24, 2.45) is 5.73 Å². The van der Waals surface area contributed by atoms with Crippen LogP contribution in [0.25, 0.3) is 0 Å². The van der Waals surface area contributed by atoms with Crippen molar-refractivity contribution in [3.05, 3.63) is 17.0 Å². The highest BCUT2D eigenvalue weighted by Crippen LogP contribution is 2.33. The van der Waals surface area contributed by atoms with Crippen LogP contribution >= 0.6 is 0 Å². The molecule has 7 heteroatoms. The first-order chi connectivity index (χ1) is 9.08. The van der Waals surface area contributed by atoms with Crippen LogP contribution in [0.15, 0.2) is 0 Å². The molecule has 0 bridgehead atoms. The molecule has 0 spiro atoms. The third kappa shape index (κ3) is 2.46. The second-order valence-electron chi connectivity index (χ2n) is 4.57. The summed E-state index contributed by atoms with van der Waals surface area (Å²) in [6.07, 6.45) is 2.48. The maximum absolute atomic E-state index is 11.3. The van der Waals surface area contributed by atoms with Gasteiger partial charge in [-0.05, 0) is 25.8 Å². The normalized spacial score (nSPS) is 17.9. The number of carboxylic acid groups (broad SMARTS) is 1. The predicted octanol–water partition coefficient (Wildman–Crippen LogP) is 0.133. The van der Waals surface area contributed by atoms with Gasteiger partial charge in [0.05, 0.1) is 7.11 Å². The molecule has 1 aliphatic rings. The zero-order chi connectivity index (χ0) is 14.0. The van der Waals surface area contributed by atoms with Crippen LogP contribution in [0, 0.1) is 0 Å². The number of rotatable bonds is 4. The van der Waals surface area contributed by atoms with Gasteiger partial charge in [-0.3, -0.25) is 9.48 Å². The number of carboxylic acids is 1. The third-order valence-corrected chi connectivity index (χ3v) is 3.47. The van der Waals surface area contributed by atoms with Gasteiger partial charge in [-0.1, -0.05) is 0 Å². The molecule has 3 N–H and O–H groups in total. The summed E-state index contributed by atoms with van der Waals surface area (Å²) in [6, 6.07) is 0. The Morgan fingerprint density at radius 1 is 1.58 bits per heavy atom. The van der Waals surface area contributed by atoms with Gasteiger partial charge in [-0.2, -0.15) is 5.10 Å². The fourth-order valence-corrected chi connectivity index (χ4v) is 2.57. The Balaban J connectivity index is 2.46. The first kappa shape index (κ1) is 13.5. The van der Waals surface area contributed by atoms with Crippen molar-refractivity contribution in [1.29, 1.82) is 0 Å². The number of hydrogen-bond donors (Lipinski definition) is 2. The molecule has 1 atom stereocenters. The van der Waals surface area contributed by atoms with Crippen molar-refractivity contribution >= 4 is 11.9 Å². The first-order valence-corrected chi connectivity index (χ1v) is 6.18. The van der Waals surface area contributed by atoms with Gasteiger partial charge in [0.1, 0.15) is 6.54 Å². The van der Waals surface area contributed by atoms with Crippen molar-refractivity contribution in [1.82, 2.24) is 9.78 Å². The molecule has 1 aromatic heterocycles. The van der Waals surface area contributed by atoms with Gasteiger partial charge in [0.25, 0.3) is 0 Å². The van der Waals surface area contributed by atoms with Crippen LogP contribution in [0.5, 0.6) is 0 Å². The lowest BCUT2D eigenvalue weighted by Gasteiger charge is -2.22. The van der Waals surface area contributed by atoms with Crippen LogP contribution in [-0.2, 0) is 22.5 Å². The lowest BCUT2D eigenvalue weighted by Crippen LogP contribution is -2.21. The number of carbonyl (C=O) groups excluding carboxylic acids is 1. The average Bonchev–Trinajstić information content (AvgIpc) is 2.77. The molecular formula is C12H17N3O4.